The van der Waals surface area contributed by atoms with Crippen molar-refractivity contribution in [1.29, 1.82) is 0 Å². The Balaban J connectivity index is 2.24. The van der Waals surface area contributed by atoms with Crippen LogP contribution in [0.25, 0.3) is 0 Å². The summed E-state index contributed by atoms with van der Waals surface area (Å²) in [6.07, 6.45) is 5.83. The van der Waals surface area contributed by atoms with Crippen molar-refractivity contribution in [1.82, 2.24) is 9.78 Å². The molecule has 4 nitrogen and oxygen atoms in total. The third-order valence-electron chi connectivity index (χ3n) is 2.62. The van der Waals surface area contributed by atoms with Crippen molar-refractivity contribution in [2.75, 3.05) is 0 Å². The van der Waals surface area contributed by atoms with E-state index in [2.05, 4.69) is 5.10 Å². The summed E-state index contributed by atoms with van der Waals surface area (Å²) < 4.78 is 1.77. The van der Waals surface area contributed by atoms with Crippen LogP contribution in [0, 0.1) is 5.41 Å². The standard InChI is InChI=1S/C11H17ClN2O2/c1-11(2,10(15)16)5-3-4-6-14-8-9(12)7-13-14/h7-8H,3-6H2,1-2H3,(H,15,16). The van der Waals surface area contributed by atoms with Gasteiger partial charge in [-0.1, -0.05) is 18.0 Å². The fourth-order valence-corrected chi connectivity index (χ4v) is 1.56. The van der Waals surface area contributed by atoms with E-state index < -0.39 is 11.4 Å². The molecule has 1 heterocycles. The lowest BCUT2D eigenvalue weighted by atomic mass is 9.87. The predicted molar refractivity (Wildman–Crippen MR) is 62.5 cm³/mol. The number of carboxylic acid groups (broad SMARTS) is 1. The van der Waals surface area contributed by atoms with Gasteiger partial charge in [-0.05, 0) is 26.7 Å². The normalized spacial score (nSPS) is 11.7. The minimum atomic E-state index is -0.741. The van der Waals surface area contributed by atoms with Gasteiger partial charge in [0, 0.05) is 12.7 Å². The zero-order valence-electron chi connectivity index (χ0n) is 9.61. The molecular formula is C11H17ClN2O2. The number of carboxylic acids is 1. The molecule has 0 bridgehead atoms. The van der Waals surface area contributed by atoms with Crippen LogP contribution in [-0.4, -0.2) is 20.9 Å². The number of nitrogens with zero attached hydrogens (tertiary/aromatic N) is 2. The summed E-state index contributed by atoms with van der Waals surface area (Å²) in [5.74, 6) is -0.741. The molecule has 0 amide bonds. The second kappa shape index (κ2) is 5.34. The van der Waals surface area contributed by atoms with Crippen LogP contribution >= 0.6 is 11.6 Å². The first kappa shape index (κ1) is 13.0. The van der Waals surface area contributed by atoms with Crippen LogP contribution < -0.4 is 0 Å². The lowest BCUT2D eigenvalue weighted by Crippen LogP contribution is -2.23. The highest BCUT2D eigenvalue weighted by Gasteiger charge is 2.25. The summed E-state index contributed by atoms with van der Waals surface area (Å²) in [6.45, 7) is 4.28. The van der Waals surface area contributed by atoms with E-state index in [9.17, 15) is 4.79 Å². The van der Waals surface area contributed by atoms with Gasteiger partial charge < -0.3 is 5.11 Å². The molecule has 0 atom stereocenters. The van der Waals surface area contributed by atoms with Crippen LogP contribution in [0.15, 0.2) is 12.4 Å². The molecule has 0 aliphatic heterocycles. The first-order valence-corrected chi connectivity index (χ1v) is 5.71. The predicted octanol–water partition coefficient (Wildman–Crippen LogP) is 2.82. The van der Waals surface area contributed by atoms with Gasteiger partial charge in [-0.2, -0.15) is 5.10 Å². The molecule has 16 heavy (non-hydrogen) atoms. The molecule has 0 aliphatic carbocycles. The fraction of sp³-hybridized carbons (Fsp3) is 0.636. The second-order valence-corrected chi connectivity index (χ2v) is 5.00. The van der Waals surface area contributed by atoms with Gasteiger partial charge in [-0.15, -0.1) is 0 Å². The Bertz CT molecular complexity index is 361. The zero-order chi connectivity index (χ0) is 12.2. The van der Waals surface area contributed by atoms with E-state index in [0.717, 1.165) is 19.4 Å². The molecule has 0 aromatic carbocycles. The average molecular weight is 245 g/mol. The highest BCUT2D eigenvalue weighted by molar-refractivity contribution is 6.30. The third kappa shape index (κ3) is 3.85. The first-order chi connectivity index (χ1) is 7.42. The number of hydrogen-bond donors (Lipinski definition) is 1. The molecular weight excluding hydrogens is 228 g/mol. The van der Waals surface area contributed by atoms with Gasteiger partial charge in [-0.3, -0.25) is 9.48 Å². The lowest BCUT2D eigenvalue weighted by molar-refractivity contribution is -0.147. The second-order valence-electron chi connectivity index (χ2n) is 4.57. The molecule has 1 rings (SSSR count). The number of aliphatic carboxylic acids is 1. The van der Waals surface area contributed by atoms with Crippen molar-refractivity contribution < 1.29 is 9.90 Å². The minimum absolute atomic E-state index is 0.630. The van der Waals surface area contributed by atoms with E-state index in [0.29, 0.717) is 11.4 Å². The summed E-state index contributed by atoms with van der Waals surface area (Å²) in [7, 11) is 0. The third-order valence-corrected chi connectivity index (χ3v) is 2.81. The molecule has 5 heteroatoms. The fourth-order valence-electron chi connectivity index (χ4n) is 1.41. The molecule has 0 unspecified atom stereocenters. The van der Waals surface area contributed by atoms with Crippen LogP contribution in [-0.2, 0) is 11.3 Å². The van der Waals surface area contributed by atoms with E-state index in [4.69, 9.17) is 16.7 Å². The van der Waals surface area contributed by atoms with E-state index in [-0.39, 0.29) is 0 Å². The molecule has 0 saturated carbocycles. The summed E-state index contributed by atoms with van der Waals surface area (Å²) >= 11 is 5.73. The topological polar surface area (TPSA) is 55.1 Å². The maximum Gasteiger partial charge on any atom is 0.309 e. The molecule has 1 aromatic heterocycles. The Morgan fingerprint density at radius 2 is 2.25 bits per heavy atom. The van der Waals surface area contributed by atoms with Gasteiger partial charge in [-0.25, -0.2) is 0 Å². The number of aromatic nitrogens is 2. The zero-order valence-corrected chi connectivity index (χ0v) is 10.4. The number of halogens is 1. The molecule has 90 valence electrons. The van der Waals surface area contributed by atoms with Crippen LogP contribution in [0.4, 0.5) is 0 Å². The quantitative estimate of drug-likeness (QED) is 0.783. The summed E-state index contributed by atoms with van der Waals surface area (Å²) in [5, 5.41) is 13.6. The number of aryl methyl sites for hydroxylation is 1. The summed E-state index contributed by atoms with van der Waals surface area (Å²) in [6, 6.07) is 0. The van der Waals surface area contributed by atoms with Crippen molar-refractivity contribution >= 4 is 17.6 Å². The average Bonchev–Trinajstić information content (AvgIpc) is 2.59. The Kier molecular flexibility index (Phi) is 4.35. The van der Waals surface area contributed by atoms with E-state index in [1.807, 2.05) is 0 Å². The lowest BCUT2D eigenvalue weighted by Gasteiger charge is -2.18. The number of hydrogen-bond acceptors (Lipinski definition) is 2. The monoisotopic (exact) mass is 244 g/mol. The SMILES string of the molecule is CC(C)(CCCCn1cc(Cl)cn1)C(=O)O. The molecule has 0 spiro atoms. The Morgan fingerprint density at radius 3 is 2.75 bits per heavy atom. The smallest absolute Gasteiger partial charge is 0.309 e. The molecule has 0 radical (unpaired) electrons. The molecule has 1 aromatic rings. The molecule has 0 aliphatic rings. The van der Waals surface area contributed by atoms with Crippen molar-refractivity contribution in [2.24, 2.45) is 5.41 Å². The van der Waals surface area contributed by atoms with Crippen molar-refractivity contribution in [3.05, 3.63) is 17.4 Å². The van der Waals surface area contributed by atoms with Gasteiger partial charge in [0.2, 0.25) is 0 Å². The van der Waals surface area contributed by atoms with Gasteiger partial charge >= 0.3 is 5.97 Å². The van der Waals surface area contributed by atoms with Gasteiger partial charge in [0.15, 0.2) is 0 Å². The Hall–Kier alpha value is -1.03. The van der Waals surface area contributed by atoms with Crippen molar-refractivity contribution in [3.8, 4) is 0 Å². The van der Waals surface area contributed by atoms with Crippen molar-refractivity contribution in [2.45, 2.75) is 39.7 Å². The number of rotatable bonds is 6. The summed E-state index contributed by atoms with van der Waals surface area (Å²) in [4.78, 5) is 10.9. The van der Waals surface area contributed by atoms with Crippen LogP contribution in [0.3, 0.4) is 0 Å². The largest absolute Gasteiger partial charge is 0.481 e. The van der Waals surface area contributed by atoms with E-state index in [1.165, 1.54) is 0 Å². The highest BCUT2D eigenvalue weighted by atomic mass is 35.5. The van der Waals surface area contributed by atoms with E-state index in [1.54, 1.807) is 30.9 Å². The van der Waals surface area contributed by atoms with Crippen LogP contribution in [0.2, 0.25) is 5.02 Å². The molecule has 1 N–H and O–H groups in total. The van der Waals surface area contributed by atoms with Crippen LogP contribution in [0.1, 0.15) is 33.1 Å². The summed E-state index contributed by atoms with van der Waals surface area (Å²) in [5.41, 5.74) is -0.637. The number of unbranched alkanes of at least 4 members (excludes halogenated alkanes) is 1. The minimum Gasteiger partial charge on any atom is -0.481 e. The Labute approximate surface area is 100 Å². The Morgan fingerprint density at radius 1 is 1.56 bits per heavy atom. The van der Waals surface area contributed by atoms with Gasteiger partial charge in [0.1, 0.15) is 0 Å². The van der Waals surface area contributed by atoms with E-state index >= 15 is 0 Å². The van der Waals surface area contributed by atoms with Gasteiger partial charge in [0.05, 0.1) is 16.6 Å². The number of carbonyl (C=O) groups is 1. The highest BCUT2D eigenvalue weighted by Crippen LogP contribution is 2.23. The van der Waals surface area contributed by atoms with Gasteiger partial charge in [0.25, 0.3) is 0 Å². The molecule has 0 saturated heterocycles. The van der Waals surface area contributed by atoms with Crippen LogP contribution in [0.5, 0.6) is 0 Å². The maximum absolute atomic E-state index is 10.9. The molecule has 0 fully saturated rings. The van der Waals surface area contributed by atoms with Crippen molar-refractivity contribution in [3.63, 3.8) is 0 Å². The maximum atomic E-state index is 10.9. The first-order valence-electron chi connectivity index (χ1n) is 5.33.